The minimum atomic E-state index is -0.279. The van der Waals surface area contributed by atoms with Gasteiger partial charge in [0.2, 0.25) is 0 Å². The van der Waals surface area contributed by atoms with E-state index in [4.69, 9.17) is 10.2 Å². The Morgan fingerprint density at radius 3 is 2.96 bits per heavy atom. The number of carbonyl (C=O) groups is 1. The van der Waals surface area contributed by atoms with Gasteiger partial charge in [-0.1, -0.05) is 19.1 Å². The highest BCUT2D eigenvalue weighted by atomic mass is 127. The van der Waals surface area contributed by atoms with E-state index in [0.717, 1.165) is 25.2 Å². The number of hydrogen-bond acceptors (Lipinski definition) is 4. The molecule has 4 N–H and O–H groups in total. The first-order valence-electron chi connectivity index (χ1n) is 9.37. The fraction of sp³-hybridized carbons (Fsp3) is 0.400. The number of carbonyl (C=O) groups excluding carboxylic acids is 1. The van der Waals surface area contributed by atoms with Crippen molar-refractivity contribution in [3.8, 4) is 0 Å². The lowest BCUT2D eigenvalue weighted by molar-refractivity contribution is 0.0996. The number of nitrogens with two attached hydrogens (primary N) is 1. The number of guanidine groups is 1. The molecule has 28 heavy (non-hydrogen) atoms. The Balaban J connectivity index is 0.00000280. The Hall–Kier alpha value is -2.07. The zero-order chi connectivity index (χ0) is 19.1. The van der Waals surface area contributed by atoms with Crippen LogP contribution in [0.4, 0.5) is 5.69 Å². The first-order chi connectivity index (χ1) is 13.2. The van der Waals surface area contributed by atoms with Gasteiger partial charge in [0, 0.05) is 18.3 Å². The SMILES string of the molecule is CCN1CCCC1CNC(N)=NCc1cccc(NC(=O)c2ccco2)c1.I. The summed E-state index contributed by atoms with van der Waals surface area (Å²) in [5.41, 5.74) is 7.67. The van der Waals surface area contributed by atoms with Crippen molar-refractivity contribution < 1.29 is 9.21 Å². The summed E-state index contributed by atoms with van der Waals surface area (Å²) in [7, 11) is 0. The Kier molecular flexibility index (Phi) is 8.78. The predicted octanol–water partition coefficient (Wildman–Crippen LogP) is 3.04. The van der Waals surface area contributed by atoms with E-state index in [1.54, 1.807) is 12.1 Å². The van der Waals surface area contributed by atoms with Crippen molar-refractivity contribution in [2.45, 2.75) is 32.4 Å². The third kappa shape index (κ3) is 6.23. The number of likely N-dealkylation sites (tertiary alicyclic amines) is 1. The van der Waals surface area contributed by atoms with Crippen molar-refractivity contribution in [3.63, 3.8) is 0 Å². The van der Waals surface area contributed by atoms with Gasteiger partial charge in [0.05, 0.1) is 12.8 Å². The van der Waals surface area contributed by atoms with Gasteiger partial charge in [-0.05, 0) is 55.8 Å². The van der Waals surface area contributed by atoms with Crippen molar-refractivity contribution in [2.24, 2.45) is 10.7 Å². The molecule has 0 saturated carbocycles. The van der Waals surface area contributed by atoms with Crippen molar-refractivity contribution in [3.05, 3.63) is 54.0 Å². The van der Waals surface area contributed by atoms with Crippen molar-refractivity contribution in [1.82, 2.24) is 10.2 Å². The number of benzene rings is 1. The van der Waals surface area contributed by atoms with Gasteiger partial charge in [0.1, 0.15) is 0 Å². The van der Waals surface area contributed by atoms with E-state index in [0.29, 0.717) is 24.2 Å². The molecule has 2 aromatic rings. The number of anilines is 1. The maximum Gasteiger partial charge on any atom is 0.291 e. The maximum atomic E-state index is 12.0. The van der Waals surface area contributed by atoms with E-state index in [1.807, 2.05) is 24.3 Å². The average molecular weight is 497 g/mol. The number of amides is 1. The molecule has 2 heterocycles. The van der Waals surface area contributed by atoms with E-state index in [2.05, 4.69) is 27.4 Å². The molecule has 1 amide bonds. The molecule has 1 aromatic carbocycles. The van der Waals surface area contributed by atoms with Crippen LogP contribution in [0.2, 0.25) is 0 Å². The minimum absolute atomic E-state index is 0. The molecule has 3 rings (SSSR count). The average Bonchev–Trinajstić information content (AvgIpc) is 3.36. The molecule has 0 radical (unpaired) electrons. The quantitative estimate of drug-likeness (QED) is 0.311. The topological polar surface area (TPSA) is 95.9 Å². The Morgan fingerprint density at radius 2 is 2.21 bits per heavy atom. The van der Waals surface area contributed by atoms with Crippen LogP contribution < -0.4 is 16.4 Å². The predicted molar refractivity (Wildman–Crippen MR) is 122 cm³/mol. The van der Waals surface area contributed by atoms with Crippen molar-refractivity contribution in [1.29, 1.82) is 0 Å². The first kappa shape index (κ1) is 22.2. The summed E-state index contributed by atoms with van der Waals surface area (Å²) in [4.78, 5) is 18.9. The molecule has 1 aliphatic heterocycles. The van der Waals surface area contributed by atoms with Gasteiger partial charge in [-0.25, -0.2) is 4.99 Å². The van der Waals surface area contributed by atoms with Crippen LogP contribution in [0.1, 0.15) is 35.9 Å². The molecule has 1 unspecified atom stereocenters. The molecule has 1 saturated heterocycles. The summed E-state index contributed by atoms with van der Waals surface area (Å²) in [6.07, 6.45) is 3.92. The van der Waals surface area contributed by atoms with E-state index in [-0.39, 0.29) is 35.6 Å². The van der Waals surface area contributed by atoms with Gasteiger partial charge in [0.25, 0.3) is 5.91 Å². The molecule has 0 aliphatic carbocycles. The number of halogens is 1. The van der Waals surface area contributed by atoms with E-state index < -0.39 is 0 Å². The molecule has 1 aliphatic rings. The number of furan rings is 1. The zero-order valence-electron chi connectivity index (χ0n) is 16.1. The van der Waals surface area contributed by atoms with Crippen LogP contribution in [-0.2, 0) is 6.54 Å². The second-order valence-corrected chi connectivity index (χ2v) is 6.64. The lowest BCUT2D eigenvalue weighted by atomic mass is 10.2. The van der Waals surface area contributed by atoms with Gasteiger partial charge in [0.15, 0.2) is 11.7 Å². The highest BCUT2D eigenvalue weighted by molar-refractivity contribution is 14.0. The molecular weight excluding hydrogens is 469 g/mol. The van der Waals surface area contributed by atoms with Crippen LogP contribution in [0, 0.1) is 0 Å². The first-order valence-corrected chi connectivity index (χ1v) is 9.37. The lowest BCUT2D eigenvalue weighted by Gasteiger charge is -2.23. The summed E-state index contributed by atoms with van der Waals surface area (Å²) in [6.45, 7) is 5.69. The molecule has 0 bridgehead atoms. The van der Waals surface area contributed by atoms with Gasteiger partial charge in [-0.15, -0.1) is 24.0 Å². The smallest absolute Gasteiger partial charge is 0.291 e. The number of rotatable bonds is 7. The van der Waals surface area contributed by atoms with Crippen LogP contribution >= 0.6 is 24.0 Å². The molecule has 1 atom stereocenters. The van der Waals surface area contributed by atoms with Crippen LogP contribution in [0.5, 0.6) is 0 Å². The summed E-state index contributed by atoms with van der Waals surface area (Å²) < 4.78 is 5.10. The van der Waals surface area contributed by atoms with Gasteiger partial charge >= 0.3 is 0 Å². The monoisotopic (exact) mass is 497 g/mol. The second kappa shape index (κ2) is 11.1. The van der Waals surface area contributed by atoms with Gasteiger partial charge in [-0.3, -0.25) is 9.69 Å². The van der Waals surface area contributed by atoms with Crippen LogP contribution in [-0.4, -0.2) is 42.4 Å². The summed E-state index contributed by atoms with van der Waals surface area (Å²) in [6, 6.07) is 11.4. The third-order valence-electron chi connectivity index (χ3n) is 4.79. The fourth-order valence-electron chi connectivity index (χ4n) is 3.35. The van der Waals surface area contributed by atoms with Crippen LogP contribution in [0.15, 0.2) is 52.1 Å². The van der Waals surface area contributed by atoms with Crippen molar-refractivity contribution in [2.75, 3.05) is 25.0 Å². The number of aliphatic imine (C=N–C) groups is 1. The van der Waals surface area contributed by atoms with Gasteiger partial charge < -0.3 is 20.8 Å². The number of hydrogen-bond donors (Lipinski definition) is 3. The molecule has 8 heteroatoms. The van der Waals surface area contributed by atoms with Crippen molar-refractivity contribution >= 4 is 41.5 Å². The van der Waals surface area contributed by atoms with E-state index in [9.17, 15) is 4.79 Å². The highest BCUT2D eigenvalue weighted by Gasteiger charge is 2.22. The second-order valence-electron chi connectivity index (χ2n) is 6.64. The molecule has 152 valence electrons. The normalized spacial score (nSPS) is 17.2. The van der Waals surface area contributed by atoms with Crippen LogP contribution in [0.25, 0.3) is 0 Å². The number of nitrogens with one attached hydrogen (secondary N) is 2. The lowest BCUT2D eigenvalue weighted by Crippen LogP contribution is -2.42. The number of nitrogens with zero attached hydrogens (tertiary/aromatic N) is 2. The number of likely N-dealkylation sites (N-methyl/N-ethyl adjacent to an activating group) is 1. The maximum absolute atomic E-state index is 12.0. The molecule has 0 spiro atoms. The highest BCUT2D eigenvalue weighted by Crippen LogP contribution is 2.16. The third-order valence-corrected chi connectivity index (χ3v) is 4.79. The summed E-state index contributed by atoms with van der Waals surface area (Å²) in [5.74, 6) is 0.446. The Labute approximate surface area is 182 Å². The summed E-state index contributed by atoms with van der Waals surface area (Å²) in [5, 5.41) is 6.04. The fourth-order valence-corrected chi connectivity index (χ4v) is 3.35. The summed E-state index contributed by atoms with van der Waals surface area (Å²) >= 11 is 0. The largest absolute Gasteiger partial charge is 0.459 e. The van der Waals surface area contributed by atoms with E-state index in [1.165, 1.54) is 19.1 Å². The molecule has 1 fully saturated rings. The van der Waals surface area contributed by atoms with Crippen LogP contribution in [0.3, 0.4) is 0 Å². The molecule has 7 nitrogen and oxygen atoms in total. The zero-order valence-corrected chi connectivity index (χ0v) is 18.4. The molecule has 1 aromatic heterocycles. The Bertz CT molecular complexity index is 779. The van der Waals surface area contributed by atoms with Gasteiger partial charge in [-0.2, -0.15) is 0 Å². The van der Waals surface area contributed by atoms with E-state index >= 15 is 0 Å². The Morgan fingerprint density at radius 1 is 1.36 bits per heavy atom. The standard InChI is InChI=1S/C20H27N5O2.HI/c1-2-25-10-4-8-17(25)14-23-20(21)22-13-15-6-3-7-16(12-15)24-19(26)18-9-5-11-27-18;/h3,5-7,9,11-12,17H,2,4,8,10,13-14H2,1H3,(H,24,26)(H3,21,22,23);1H. The molecular formula is C20H28IN5O2. The minimum Gasteiger partial charge on any atom is -0.459 e.